The Hall–Kier alpha value is -5.24. The van der Waals surface area contributed by atoms with E-state index in [1.165, 1.54) is 14.2 Å². The summed E-state index contributed by atoms with van der Waals surface area (Å²) in [5.41, 5.74) is 7.61. The molecule has 0 spiro atoms. The average Bonchev–Trinajstić information content (AvgIpc) is 3.68. The van der Waals surface area contributed by atoms with E-state index in [-0.39, 0.29) is 11.8 Å². The molecule has 0 saturated carbocycles. The minimum atomic E-state index is -0.160. The summed E-state index contributed by atoms with van der Waals surface area (Å²) in [6, 6.07) is 21.6. The van der Waals surface area contributed by atoms with Gasteiger partial charge in [-0.05, 0) is 83.6 Å². The van der Waals surface area contributed by atoms with Crippen molar-refractivity contribution in [2.75, 3.05) is 37.1 Å². The van der Waals surface area contributed by atoms with Gasteiger partial charge in [0.25, 0.3) is 11.8 Å². The molecule has 0 aromatic heterocycles. The number of carbonyl (C=O) groups is 4. The number of aldehydes is 2. The van der Waals surface area contributed by atoms with E-state index in [4.69, 9.17) is 9.47 Å². The molecule has 42 heavy (non-hydrogen) atoms. The Bertz CT molecular complexity index is 1630. The van der Waals surface area contributed by atoms with Gasteiger partial charge in [0.05, 0.1) is 25.3 Å². The lowest BCUT2D eigenvalue weighted by atomic mass is 9.93. The molecule has 0 N–H and O–H groups in total. The maximum atomic E-state index is 13.6. The highest BCUT2D eigenvalue weighted by molar-refractivity contribution is 6.10. The van der Waals surface area contributed by atoms with Crippen molar-refractivity contribution in [3.8, 4) is 22.6 Å². The Balaban J connectivity index is 1.33. The summed E-state index contributed by atoms with van der Waals surface area (Å²) in [5, 5.41) is 0. The SMILES string of the molecule is COc1cc(C(=O)N2CCc3c(-c4cccc5c4CCN5C(=O)c4ccc(C=O)c(OC)c4)cccc32)ccc1C=O. The molecular formula is C34H28N2O6. The van der Waals surface area contributed by atoms with Crippen molar-refractivity contribution in [1.29, 1.82) is 0 Å². The predicted octanol–water partition coefficient (Wildman–Crippen LogP) is 5.40. The Morgan fingerprint density at radius 3 is 1.45 bits per heavy atom. The van der Waals surface area contributed by atoms with Gasteiger partial charge in [-0.1, -0.05) is 24.3 Å². The number of methoxy groups -OCH3 is 2. The molecule has 0 atom stereocenters. The van der Waals surface area contributed by atoms with Crippen LogP contribution in [0.3, 0.4) is 0 Å². The van der Waals surface area contributed by atoms with Gasteiger partial charge in [0, 0.05) is 35.6 Å². The fraction of sp³-hybridized carbons (Fsp3) is 0.176. The number of hydrogen-bond acceptors (Lipinski definition) is 6. The quantitative estimate of drug-likeness (QED) is 0.281. The number of anilines is 2. The number of fused-ring (bicyclic) bond motifs is 2. The second-order valence-electron chi connectivity index (χ2n) is 10.2. The second-order valence-corrected chi connectivity index (χ2v) is 10.2. The van der Waals surface area contributed by atoms with E-state index in [9.17, 15) is 19.2 Å². The van der Waals surface area contributed by atoms with Gasteiger partial charge in [0.1, 0.15) is 11.5 Å². The van der Waals surface area contributed by atoms with Gasteiger partial charge in [-0.15, -0.1) is 0 Å². The van der Waals surface area contributed by atoms with E-state index in [2.05, 4.69) is 12.1 Å². The summed E-state index contributed by atoms with van der Waals surface area (Å²) >= 11 is 0. The highest BCUT2D eigenvalue weighted by Gasteiger charge is 2.32. The summed E-state index contributed by atoms with van der Waals surface area (Å²) in [5.74, 6) is 0.405. The van der Waals surface area contributed by atoms with Crippen LogP contribution < -0.4 is 19.3 Å². The lowest BCUT2D eigenvalue weighted by molar-refractivity contribution is 0.0981. The van der Waals surface area contributed by atoms with Crippen molar-refractivity contribution in [3.63, 3.8) is 0 Å². The molecule has 8 heteroatoms. The fourth-order valence-corrected chi connectivity index (χ4v) is 5.99. The number of carbonyl (C=O) groups excluding carboxylic acids is 4. The molecular weight excluding hydrogens is 532 g/mol. The monoisotopic (exact) mass is 560 g/mol. The third kappa shape index (κ3) is 4.41. The van der Waals surface area contributed by atoms with E-state index in [0.29, 0.717) is 72.3 Å². The van der Waals surface area contributed by atoms with Crippen LogP contribution in [-0.4, -0.2) is 51.7 Å². The minimum Gasteiger partial charge on any atom is -0.496 e. The molecule has 6 rings (SSSR count). The van der Waals surface area contributed by atoms with Gasteiger partial charge in [-0.3, -0.25) is 19.2 Å². The van der Waals surface area contributed by atoms with E-state index in [1.54, 1.807) is 46.2 Å². The van der Waals surface area contributed by atoms with Gasteiger partial charge < -0.3 is 19.3 Å². The van der Waals surface area contributed by atoms with Crippen LogP contribution >= 0.6 is 0 Å². The number of ether oxygens (including phenoxy) is 2. The number of rotatable bonds is 7. The van der Waals surface area contributed by atoms with Crippen molar-refractivity contribution in [2.45, 2.75) is 12.8 Å². The van der Waals surface area contributed by atoms with E-state index in [1.807, 2.05) is 24.3 Å². The third-order valence-electron chi connectivity index (χ3n) is 8.05. The Kier molecular flexibility index (Phi) is 7.04. The topological polar surface area (TPSA) is 93.2 Å². The lowest BCUT2D eigenvalue weighted by Crippen LogP contribution is -2.28. The molecule has 0 radical (unpaired) electrons. The highest BCUT2D eigenvalue weighted by atomic mass is 16.5. The van der Waals surface area contributed by atoms with Gasteiger partial charge in [-0.25, -0.2) is 0 Å². The van der Waals surface area contributed by atoms with Gasteiger partial charge in [-0.2, -0.15) is 0 Å². The Labute approximate surface area is 243 Å². The Morgan fingerprint density at radius 2 is 1.07 bits per heavy atom. The maximum absolute atomic E-state index is 13.6. The van der Waals surface area contributed by atoms with Gasteiger partial charge in [0.2, 0.25) is 0 Å². The van der Waals surface area contributed by atoms with Crippen molar-refractivity contribution in [1.82, 2.24) is 0 Å². The van der Waals surface area contributed by atoms with Gasteiger partial charge >= 0.3 is 0 Å². The van der Waals surface area contributed by atoms with Gasteiger partial charge in [0.15, 0.2) is 12.6 Å². The molecule has 2 aliphatic rings. The van der Waals surface area contributed by atoms with E-state index < -0.39 is 0 Å². The predicted molar refractivity (Wildman–Crippen MR) is 159 cm³/mol. The zero-order chi connectivity index (χ0) is 29.4. The smallest absolute Gasteiger partial charge is 0.258 e. The van der Waals surface area contributed by atoms with Crippen molar-refractivity contribution < 1.29 is 28.7 Å². The van der Waals surface area contributed by atoms with Crippen LogP contribution in [0.2, 0.25) is 0 Å². The molecule has 2 heterocycles. The van der Waals surface area contributed by atoms with Crippen LogP contribution in [0.4, 0.5) is 11.4 Å². The largest absolute Gasteiger partial charge is 0.496 e. The molecule has 2 aliphatic heterocycles. The van der Waals surface area contributed by atoms with Crippen LogP contribution in [-0.2, 0) is 12.8 Å². The van der Waals surface area contributed by atoms with Crippen LogP contribution in [0.15, 0.2) is 72.8 Å². The zero-order valence-corrected chi connectivity index (χ0v) is 23.3. The fourth-order valence-electron chi connectivity index (χ4n) is 5.99. The summed E-state index contributed by atoms with van der Waals surface area (Å²) in [7, 11) is 2.95. The minimum absolute atomic E-state index is 0.160. The third-order valence-corrected chi connectivity index (χ3v) is 8.05. The average molecular weight is 561 g/mol. The Morgan fingerprint density at radius 1 is 0.643 bits per heavy atom. The van der Waals surface area contributed by atoms with Crippen LogP contribution in [0.5, 0.6) is 11.5 Å². The molecule has 210 valence electrons. The van der Waals surface area contributed by atoms with Crippen molar-refractivity contribution >= 4 is 35.8 Å². The maximum Gasteiger partial charge on any atom is 0.258 e. The highest BCUT2D eigenvalue weighted by Crippen LogP contribution is 2.42. The number of benzene rings is 4. The van der Waals surface area contributed by atoms with E-state index >= 15 is 0 Å². The lowest BCUT2D eigenvalue weighted by Gasteiger charge is -2.20. The summed E-state index contributed by atoms with van der Waals surface area (Å²) < 4.78 is 10.6. The zero-order valence-electron chi connectivity index (χ0n) is 23.3. The molecule has 0 aliphatic carbocycles. The molecule has 0 unspecified atom stereocenters. The van der Waals surface area contributed by atoms with Crippen LogP contribution in [0.25, 0.3) is 11.1 Å². The molecule has 0 fully saturated rings. The molecule has 0 saturated heterocycles. The molecule has 4 aromatic rings. The summed E-state index contributed by atoms with van der Waals surface area (Å²) in [6.45, 7) is 1.06. The summed E-state index contributed by atoms with van der Waals surface area (Å²) in [4.78, 5) is 53.3. The molecule has 8 nitrogen and oxygen atoms in total. The molecule has 2 amide bonds. The number of hydrogen-bond donors (Lipinski definition) is 0. The first-order chi connectivity index (χ1) is 20.5. The second kappa shape index (κ2) is 11.0. The van der Waals surface area contributed by atoms with Crippen LogP contribution in [0, 0.1) is 0 Å². The normalized spacial score (nSPS) is 13.4. The number of nitrogens with zero attached hydrogens (tertiary/aromatic N) is 2. The standard InChI is InChI=1S/C34H28N2O6/c1-41-31-17-21(9-11-23(31)19-37)33(39)35-15-13-27-25(5-3-7-29(27)35)26-6-4-8-30-28(26)14-16-36(30)34(40)22-10-12-24(20-38)32(18-22)42-2/h3-12,17-20H,13-16H2,1-2H3. The van der Waals surface area contributed by atoms with Crippen molar-refractivity contribution in [2.24, 2.45) is 0 Å². The van der Waals surface area contributed by atoms with Crippen molar-refractivity contribution in [3.05, 3.63) is 106 Å². The first-order valence-electron chi connectivity index (χ1n) is 13.6. The first-order valence-corrected chi connectivity index (χ1v) is 13.6. The summed E-state index contributed by atoms with van der Waals surface area (Å²) in [6.07, 6.45) is 2.79. The van der Waals surface area contributed by atoms with Crippen LogP contribution in [0.1, 0.15) is 52.6 Å². The molecule has 0 bridgehead atoms. The number of amides is 2. The van der Waals surface area contributed by atoms with E-state index in [0.717, 1.165) is 33.6 Å². The molecule has 4 aromatic carbocycles. The first kappa shape index (κ1) is 27.0.